The third-order valence-corrected chi connectivity index (χ3v) is 7.24. The van der Waals surface area contributed by atoms with Crippen LogP contribution in [-0.2, 0) is 19.6 Å². The van der Waals surface area contributed by atoms with E-state index in [1.54, 1.807) is 37.3 Å². The number of rotatable bonds is 7. The monoisotopic (exact) mass is 459 g/mol. The van der Waals surface area contributed by atoms with Crippen LogP contribution in [0.15, 0.2) is 47.4 Å². The molecule has 0 radical (unpaired) electrons. The maximum atomic E-state index is 13.1. The van der Waals surface area contributed by atoms with Gasteiger partial charge in [-0.3, -0.25) is 14.5 Å². The van der Waals surface area contributed by atoms with Crippen LogP contribution in [0.3, 0.4) is 0 Å². The molecule has 2 amide bonds. The zero-order valence-electron chi connectivity index (χ0n) is 17.7. The molecule has 10 heteroatoms. The molecule has 0 saturated carbocycles. The van der Waals surface area contributed by atoms with Crippen molar-refractivity contribution in [2.75, 3.05) is 43.1 Å². The number of fused-ring (bicyclic) bond motifs is 1. The predicted octanol–water partition coefficient (Wildman–Crippen LogP) is 2.23. The van der Waals surface area contributed by atoms with E-state index in [1.165, 1.54) is 21.3 Å². The molecule has 0 aliphatic carbocycles. The fraction of sp³-hybridized carbons (Fsp3) is 0.364. The molecule has 0 bridgehead atoms. The minimum atomic E-state index is -3.75. The lowest BCUT2D eigenvalue weighted by Gasteiger charge is -2.28. The number of amides is 2. The molecule has 2 aromatic rings. The molecule has 2 heterocycles. The van der Waals surface area contributed by atoms with Crippen LogP contribution in [0.25, 0.3) is 0 Å². The minimum absolute atomic E-state index is 0.0202. The molecule has 1 saturated heterocycles. The molecule has 4 rings (SSSR count). The Morgan fingerprint density at radius 2 is 1.91 bits per heavy atom. The van der Waals surface area contributed by atoms with Crippen molar-refractivity contribution in [2.45, 2.75) is 24.7 Å². The number of carbonyl (C=O) groups is 2. The van der Waals surface area contributed by atoms with Gasteiger partial charge in [0, 0.05) is 18.8 Å². The van der Waals surface area contributed by atoms with E-state index in [0.29, 0.717) is 36.8 Å². The van der Waals surface area contributed by atoms with Crippen LogP contribution in [0.4, 0.5) is 11.4 Å². The van der Waals surface area contributed by atoms with Gasteiger partial charge < -0.3 is 14.8 Å². The number of anilines is 2. The molecule has 2 aliphatic heterocycles. The molecule has 9 nitrogen and oxygen atoms in total. The molecular formula is C22H25N3O6S. The Hall–Kier alpha value is -3.11. The van der Waals surface area contributed by atoms with Gasteiger partial charge in [0.1, 0.15) is 22.9 Å². The first-order valence-electron chi connectivity index (χ1n) is 10.5. The first kappa shape index (κ1) is 22.1. The minimum Gasteiger partial charge on any atom is -0.492 e. The second kappa shape index (κ2) is 9.17. The van der Waals surface area contributed by atoms with Gasteiger partial charge in [0.15, 0.2) is 6.61 Å². The second-order valence-corrected chi connectivity index (χ2v) is 9.40. The lowest BCUT2D eigenvalue weighted by Crippen LogP contribution is -2.43. The van der Waals surface area contributed by atoms with Gasteiger partial charge in [-0.15, -0.1) is 0 Å². The molecule has 170 valence electrons. The van der Waals surface area contributed by atoms with E-state index in [0.717, 1.165) is 12.8 Å². The van der Waals surface area contributed by atoms with E-state index >= 15 is 0 Å². The highest BCUT2D eigenvalue weighted by Gasteiger charge is 2.31. The number of ether oxygens (including phenoxy) is 2. The van der Waals surface area contributed by atoms with Gasteiger partial charge in [-0.05, 0) is 50.1 Å². The van der Waals surface area contributed by atoms with Crippen molar-refractivity contribution < 1.29 is 27.5 Å². The summed E-state index contributed by atoms with van der Waals surface area (Å²) in [4.78, 5) is 26.4. The van der Waals surface area contributed by atoms with E-state index in [-0.39, 0.29) is 29.7 Å². The van der Waals surface area contributed by atoms with E-state index in [4.69, 9.17) is 9.47 Å². The van der Waals surface area contributed by atoms with Gasteiger partial charge in [-0.2, -0.15) is 4.31 Å². The van der Waals surface area contributed by atoms with Gasteiger partial charge in [0.05, 0.1) is 12.3 Å². The van der Waals surface area contributed by atoms with Crippen molar-refractivity contribution in [1.82, 2.24) is 4.31 Å². The van der Waals surface area contributed by atoms with Gasteiger partial charge >= 0.3 is 0 Å². The normalized spacial score (nSPS) is 16.4. The van der Waals surface area contributed by atoms with Crippen LogP contribution in [0.2, 0.25) is 0 Å². The number of nitrogens with zero attached hydrogens (tertiary/aromatic N) is 2. The van der Waals surface area contributed by atoms with Gasteiger partial charge in [-0.1, -0.05) is 12.1 Å². The molecular weight excluding hydrogens is 434 g/mol. The maximum Gasteiger partial charge on any atom is 0.265 e. The van der Waals surface area contributed by atoms with Crippen molar-refractivity contribution in [2.24, 2.45) is 0 Å². The van der Waals surface area contributed by atoms with E-state index in [9.17, 15) is 18.0 Å². The quantitative estimate of drug-likeness (QED) is 0.681. The summed E-state index contributed by atoms with van der Waals surface area (Å²) in [6, 6.07) is 11.5. The van der Waals surface area contributed by atoms with Crippen LogP contribution in [0, 0.1) is 0 Å². The highest BCUT2D eigenvalue weighted by molar-refractivity contribution is 7.89. The SMILES string of the molecule is CCOc1ccc(NC(=O)CN2C(=O)COc3ccccc32)cc1S(=O)(=O)N1CCCC1. The van der Waals surface area contributed by atoms with Crippen LogP contribution < -0.4 is 19.7 Å². The van der Waals surface area contributed by atoms with Crippen LogP contribution in [0.1, 0.15) is 19.8 Å². The third-order valence-electron chi connectivity index (χ3n) is 5.32. The highest BCUT2D eigenvalue weighted by Crippen LogP contribution is 2.33. The summed E-state index contributed by atoms with van der Waals surface area (Å²) < 4.78 is 38.6. The van der Waals surface area contributed by atoms with E-state index < -0.39 is 15.9 Å². The largest absolute Gasteiger partial charge is 0.492 e. The molecule has 1 fully saturated rings. The predicted molar refractivity (Wildman–Crippen MR) is 119 cm³/mol. The standard InChI is InChI=1S/C22H25N3O6S/c1-2-30-19-10-9-16(13-20(19)32(28,29)24-11-5-6-12-24)23-21(26)14-25-17-7-3-4-8-18(17)31-15-22(25)27/h3-4,7-10,13H,2,5-6,11-12,14-15H2,1H3,(H,23,26). The number of carbonyl (C=O) groups excluding carboxylic acids is 2. The topological polar surface area (TPSA) is 105 Å². The molecule has 2 aromatic carbocycles. The zero-order chi connectivity index (χ0) is 22.7. The van der Waals surface area contributed by atoms with Gasteiger partial charge in [-0.25, -0.2) is 8.42 Å². The fourth-order valence-corrected chi connectivity index (χ4v) is 5.48. The lowest BCUT2D eigenvalue weighted by atomic mass is 10.2. The number of sulfonamides is 1. The molecule has 0 spiro atoms. The van der Waals surface area contributed by atoms with Gasteiger partial charge in [0.2, 0.25) is 15.9 Å². The summed E-state index contributed by atoms with van der Waals surface area (Å²) in [5.41, 5.74) is 0.827. The number of benzene rings is 2. The van der Waals surface area contributed by atoms with Crippen molar-refractivity contribution in [3.05, 3.63) is 42.5 Å². The lowest BCUT2D eigenvalue weighted by molar-refractivity contribution is -0.123. The summed E-state index contributed by atoms with van der Waals surface area (Å²) in [6.45, 7) is 2.64. The van der Waals surface area contributed by atoms with Crippen molar-refractivity contribution >= 4 is 33.2 Å². The first-order chi connectivity index (χ1) is 15.4. The van der Waals surface area contributed by atoms with Crippen LogP contribution >= 0.6 is 0 Å². The molecule has 2 aliphatic rings. The van der Waals surface area contributed by atoms with Crippen molar-refractivity contribution in [3.8, 4) is 11.5 Å². The molecule has 1 N–H and O–H groups in total. The Balaban J connectivity index is 1.56. The third kappa shape index (κ3) is 4.42. The Bertz CT molecular complexity index is 1130. The Kier molecular flexibility index (Phi) is 6.33. The fourth-order valence-electron chi connectivity index (χ4n) is 3.80. The molecule has 0 unspecified atom stereocenters. The average molecular weight is 460 g/mol. The van der Waals surface area contributed by atoms with E-state index in [1.807, 2.05) is 0 Å². The summed E-state index contributed by atoms with van der Waals surface area (Å²) in [7, 11) is -3.75. The first-order valence-corrected chi connectivity index (χ1v) is 11.9. The number of hydrogen-bond acceptors (Lipinski definition) is 6. The number of hydrogen-bond donors (Lipinski definition) is 1. The Morgan fingerprint density at radius 1 is 1.16 bits per heavy atom. The smallest absolute Gasteiger partial charge is 0.265 e. The Morgan fingerprint density at radius 3 is 2.66 bits per heavy atom. The molecule has 0 atom stereocenters. The summed E-state index contributed by atoms with van der Waals surface area (Å²) in [6.07, 6.45) is 1.63. The summed E-state index contributed by atoms with van der Waals surface area (Å²) in [5.74, 6) is -0.0128. The summed E-state index contributed by atoms with van der Waals surface area (Å²) in [5, 5.41) is 2.70. The zero-order valence-corrected chi connectivity index (χ0v) is 18.6. The van der Waals surface area contributed by atoms with E-state index in [2.05, 4.69) is 5.32 Å². The summed E-state index contributed by atoms with van der Waals surface area (Å²) >= 11 is 0. The number of para-hydroxylation sites is 2. The maximum absolute atomic E-state index is 13.1. The van der Waals surface area contributed by atoms with Crippen LogP contribution in [0.5, 0.6) is 11.5 Å². The van der Waals surface area contributed by atoms with Crippen LogP contribution in [-0.4, -0.2) is 57.4 Å². The van der Waals surface area contributed by atoms with Crippen molar-refractivity contribution in [3.63, 3.8) is 0 Å². The molecule has 0 aromatic heterocycles. The Labute approximate surface area is 187 Å². The average Bonchev–Trinajstić information content (AvgIpc) is 3.33. The number of nitrogens with one attached hydrogen (secondary N) is 1. The van der Waals surface area contributed by atoms with Crippen molar-refractivity contribution in [1.29, 1.82) is 0 Å². The molecule has 32 heavy (non-hydrogen) atoms. The highest BCUT2D eigenvalue weighted by atomic mass is 32.2. The van der Waals surface area contributed by atoms with Gasteiger partial charge in [0.25, 0.3) is 5.91 Å². The second-order valence-electron chi connectivity index (χ2n) is 7.49.